The third kappa shape index (κ3) is 6.45. The van der Waals surface area contributed by atoms with Crippen molar-refractivity contribution in [2.45, 2.75) is 44.1 Å². The van der Waals surface area contributed by atoms with Crippen LogP contribution in [0.4, 0.5) is 0 Å². The lowest BCUT2D eigenvalue weighted by Crippen LogP contribution is -2.24. The Bertz CT molecular complexity index is 1190. The van der Waals surface area contributed by atoms with E-state index in [9.17, 15) is 13.2 Å². The predicted octanol–water partition coefficient (Wildman–Crippen LogP) is 5.35. The monoisotopic (exact) mass is 465 g/mol. The zero-order chi connectivity index (χ0) is 23.8. The molecule has 0 aliphatic heterocycles. The first-order chi connectivity index (χ1) is 15.8. The van der Waals surface area contributed by atoms with Crippen molar-refractivity contribution in [3.05, 3.63) is 95.1 Å². The molecular weight excluding hydrogens is 434 g/mol. The standard InChI is InChI=1S/C27H31NO4S/c1-4-16-28-27(29)22-13-9-12-21(17-22)24(5-2)25-18-23(33(3,30)31)14-15-26(25)32-19-20-10-7-6-8-11-20/h6-15,17-18,24H,4-5,16,19H2,1-3H3,(H,28,29). The highest BCUT2D eigenvalue weighted by Crippen LogP contribution is 2.36. The molecule has 0 radical (unpaired) electrons. The zero-order valence-electron chi connectivity index (χ0n) is 19.4. The SMILES string of the molecule is CCCNC(=O)c1cccc(C(CC)c2cc(S(C)(=O)=O)ccc2OCc2ccccc2)c1. The van der Waals surface area contributed by atoms with Gasteiger partial charge in [-0.25, -0.2) is 8.42 Å². The van der Waals surface area contributed by atoms with Crippen molar-refractivity contribution >= 4 is 15.7 Å². The summed E-state index contributed by atoms with van der Waals surface area (Å²) in [5.74, 6) is 0.398. The average molecular weight is 466 g/mol. The summed E-state index contributed by atoms with van der Waals surface area (Å²) in [6.45, 7) is 5.05. The molecular formula is C27H31NO4S. The summed E-state index contributed by atoms with van der Waals surface area (Å²) < 4.78 is 30.7. The average Bonchev–Trinajstić information content (AvgIpc) is 2.82. The maximum atomic E-state index is 12.5. The second-order valence-corrected chi connectivity index (χ2v) is 10.1. The molecule has 3 aromatic rings. The van der Waals surface area contributed by atoms with E-state index in [1.54, 1.807) is 24.3 Å². The minimum Gasteiger partial charge on any atom is -0.489 e. The maximum absolute atomic E-state index is 12.5. The van der Waals surface area contributed by atoms with Crippen molar-refractivity contribution in [2.24, 2.45) is 0 Å². The van der Waals surface area contributed by atoms with E-state index in [0.717, 1.165) is 29.5 Å². The van der Waals surface area contributed by atoms with Gasteiger partial charge in [0, 0.05) is 29.8 Å². The van der Waals surface area contributed by atoms with Gasteiger partial charge in [0.15, 0.2) is 9.84 Å². The molecule has 33 heavy (non-hydrogen) atoms. The number of hydrogen-bond acceptors (Lipinski definition) is 4. The summed E-state index contributed by atoms with van der Waals surface area (Å²) >= 11 is 0. The van der Waals surface area contributed by atoms with Gasteiger partial charge in [0.1, 0.15) is 12.4 Å². The molecule has 1 atom stereocenters. The first-order valence-electron chi connectivity index (χ1n) is 11.2. The Morgan fingerprint density at radius 2 is 1.73 bits per heavy atom. The van der Waals surface area contributed by atoms with E-state index < -0.39 is 9.84 Å². The fraction of sp³-hybridized carbons (Fsp3) is 0.296. The van der Waals surface area contributed by atoms with Crippen LogP contribution in [-0.4, -0.2) is 27.1 Å². The summed E-state index contributed by atoms with van der Waals surface area (Å²) in [5.41, 5.74) is 3.35. The molecule has 0 saturated heterocycles. The van der Waals surface area contributed by atoms with Crippen LogP contribution in [0.3, 0.4) is 0 Å². The van der Waals surface area contributed by atoms with Crippen LogP contribution >= 0.6 is 0 Å². The minimum atomic E-state index is -3.38. The molecule has 0 spiro atoms. The third-order valence-corrected chi connectivity index (χ3v) is 6.63. The van der Waals surface area contributed by atoms with Gasteiger partial charge in [-0.1, -0.05) is 56.3 Å². The van der Waals surface area contributed by atoms with E-state index in [1.165, 1.54) is 6.26 Å². The van der Waals surface area contributed by atoms with Crippen LogP contribution in [0.25, 0.3) is 0 Å². The van der Waals surface area contributed by atoms with Gasteiger partial charge in [0.25, 0.3) is 5.91 Å². The predicted molar refractivity (Wildman–Crippen MR) is 132 cm³/mol. The summed E-state index contributed by atoms with van der Waals surface area (Å²) in [7, 11) is -3.38. The largest absolute Gasteiger partial charge is 0.489 e. The van der Waals surface area contributed by atoms with Gasteiger partial charge < -0.3 is 10.1 Å². The molecule has 1 amide bonds. The van der Waals surface area contributed by atoms with E-state index >= 15 is 0 Å². The Morgan fingerprint density at radius 3 is 2.39 bits per heavy atom. The lowest BCUT2D eigenvalue weighted by Gasteiger charge is -2.21. The minimum absolute atomic E-state index is 0.112. The molecule has 0 heterocycles. The summed E-state index contributed by atoms with van der Waals surface area (Å²) in [4.78, 5) is 12.7. The van der Waals surface area contributed by atoms with Gasteiger partial charge in [-0.3, -0.25) is 4.79 Å². The molecule has 0 aliphatic rings. The van der Waals surface area contributed by atoms with E-state index in [4.69, 9.17) is 4.74 Å². The molecule has 5 nitrogen and oxygen atoms in total. The van der Waals surface area contributed by atoms with Crippen LogP contribution in [0.1, 0.15) is 59.7 Å². The number of nitrogens with one attached hydrogen (secondary N) is 1. The van der Waals surface area contributed by atoms with Crippen LogP contribution in [0, 0.1) is 0 Å². The van der Waals surface area contributed by atoms with Gasteiger partial charge in [0.05, 0.1) is 4.90 Å². The molecule has 0 saturated carbocycles. The number of ether oxygens (including phenoxy) is 1. The molecule has 0 fully saturated rings. The number of amides is 1. The van der Waals surface area contributed by atoms with Crippen LogP contribution in [-0.2, 0) is 16.4 Å². The Hall–Kier alpha value is -3.12. The highest BCUT2D eigenvalue weighted by atomic mass is 32.2. The van der Waals surface area contributed by atoms with Crippen molar-refractivity contribution < 1.29 is 17.9 Å². The lowest BCUT2D eigenvalue weighted by atomic mass is 9.87. The Balaban J connectivity index is 2.00. The van der Waals surface area contributed by atoms with Crippen molar-refractivity contribution in [2.75, 3.05) is 12.8 Å². The molecule has 174 valence electrons. The topological polar surface area (TPSA) is 72.5 Å². The second-order valence-electron chi connectivity index (χ2n) is 8.09. The van der Waals surface area contributed by atoms with Crippen molar-refractivity contribution in [1.82, 2.24) is 5.32 Å². The van der Waals surface area contributed by atoms with Gasteiger partial charge >= 0.3 is 0 Å². The van der Waals surface area contributed by atoms with Gasteiger partial charge in [0.2, 0.25) is 0 Å². The van der Waals surface area contributed by atoms with Crippen molar-refractivity contribution in [3.8, 4) is 5.75 Å². The quantitative estimate of drug-likeness (QED) is 0.438. The summed E-state index contributed by atoms with van der Waals surface area (Å²) in [6, 6.07) is 22.4. The molecule has 0 bridgehead atoms. The fourth-order valence-corrected chi connectivity index (χ4v) is 4.42. The normalized spacial score (nSPS) is 12.2. The zero-order valence-corrected chi connectivity index (χ0v) is 20.2. The third-order valence-electron chi connectivity index (χ3n) is 5.52. The van der Waals surface area contributed by atoms with Gasteiger partial charge in [-0.2, -0.15) is 0 Å². The smallest absolute Gasteiger partial charge is 0.251 e. The van der Waals surface area contributed by atoms with Gasteiger partial charge in [-0.15, -0.1) is 0 Å². The number of hydrogen-bond donors (Lipinski definition) is 1. The number of rotatable bonds is 10. The van der Waals surface area contributed by atoms with Crippen molar-refractivity contribution in [1.29, 1.82) is 0 Å². The second kappa shape index (κ2) is 11.1. The number of carbonyl (C=O) groups excluding carboxylic acids is 1. The molecule has 6 heteroatoms. The highest BCUT2D eigenvalue weighted by molar-refractivity contribution is 7.90. The molecule has 3 aromatic carbocycles. The first-order valence-corrected chi connectivity index (χ1v) is 13.1. The fourth-order valence-electron chi connectivity index (χ4n) is 3.77. The van der Waals surface area contributed by atoms with E-state index in [2.05, 4.69) is 5.32 Å². The first kappa shape index (κ1) is 24.5. The maximum Gasteiger partial charge on any atom is 0.251 e. The van der Waals surface area contributed by atoms with E-state index in [-0.39, 0.29) is 16.7 Å². The molecule has 1 unspecified atom stereocenters. The number of sulfone groups is 1. The molecule has 3 rings (SSSR count). The summed E-state index contributed by atoms with van der Waals surface area (Å²) in [6.07, 6.45) is 2.79. The van der Waals surface area contributed by atoms with Crippen molar-refractivity contribution in [3.63, 3.8) is 0 Å². The Morgan fingerprint density at radius 1 is 0.970 bits per heavy atom. The molecule has 0 aliphatic carbocycles. The van der Waals surface area contributed by atoms with Crippen LogP contribution in [0.15, 0.2) is 77.7 Å². The Labute approximate surface area is 196 Å². The van der Waals surface area contributed by atoms with E-state index in [0.29, 0.717) is 24.5 Å². The number of carbonyl (C=O) groups is 1. The van der Waals surface area contributed by atoms with Crippen LogP contribution in [0.2, 0.25) is 0 Å². The molecule has 0 aromatic heterocycles. The Kier molecular flexibility index (Phi) is 8.28. The van der Waals surface area contributed by atoms with Crippen LogP contribution < -0.4 is 10.1 Å². The van der Waals surface area contributed by atoms with E-state index in [1.807, 2.05) is 62.4 Å². The molecule has 1 N–H and O–H groups in total. The van der Waals surface area contributed by atoms with Crippen LogP contribution in [0.5, 0.6) is 5.75 Å². The lowest BCUT2D eigenvalue weighted by molar-refractivity contribution is 0.0953. The number of benzene rings is 3. The highest BCUT2D eigenvalue weighted by Gasteiger charge is 2.21. The summed E-state index contributed by atoms with van der Waals surface area (Å²) in [5, 5.41) is 2.91. The van der Waals surface area contributed by atoms with Gasteiger partial charge in [-0.05, 0) is 54.3 Å².